The summed E-state index contributed by atoms with van der Waals surface area (Å²) in [5.41, 5.74) is 2.27. The highest BCUT2D eigenvalue weighted by Crippen LogP contribution is 2.37. The van der Waals surface area contributed by atoms with Gasteiger partial charge >= 0.3 is 17.9 Å². The topological polar surface area (TPSA) is 170 Å². The number of rotatable bonds is 5. The highest BCUT2D eigenvalue weighted by molar-refractivity contribution is 6.68. The maximum atomic E-state index is 13.3. The van der Waals surface area contributed by atoms with Crippen LogP contribution in [0.4, 0.5) is 20.2 Å². The van der Waals surface area contributed by atoms with E-state index in [1.807, 2.05) is 0 Å². The molecule has 0 aliphatic carbocycles. The summed E-state index contributed by atoms with van der Waals surface area (Å²) in [6.07, 6.45) is 0. The first kappa shape index (κ1) is 33.1. The zero-order valence-electron chi connectivity index (χ0n) is 19.4. The highest BCUT2D eigenvalue weighted by Gasteiger charge is 2.38. The minimum atomic E-state index is -1.59. The molecular formula is C22H25Cl3F2N2O7. The van der Waals surface area contributed by atoms with Crippen LogP contribution in [0.5, 0.6) is 0 Å². The van der Waals surface area contributed by atoms with Crippen molar-refractivity contribution in [1.82, 2.24) is 0 Å². The molecule has 0 saturated heterocycles. The van der Waals surface area contributed by atoms with Gasteiger partial charge in [0.2, 0.25) is 3.79 Å². The summed E-state index contributed by atoms with van der Waals surface area (Å²) in [5, 5.41) is 37.4. The summed E-state index contributed by atoms with van der Waals surface area (Å²) >= 11 is 15.9. The average Bonchev–Trinajstić information content (AvgIpc) is 2.66. The van der Waals surface area contributed by atoms with Crippen LogP contribution in [0.2, 0.25) is 0 Å². The van der Waals surface area contributed by atoms with Gasteiger partial charge in [0.05, 0.1) is 11.1 Å². The van der Waals surface area contributed by atoms with Gasteiger partial charge in [0.25, 0.3) is 0 Å². The van der Waals surface area contributed by atoms with Crippen LogP contribution >= 0.6 is 34.8 Å². The van der Waals surface area contributed by atoms with E-state index in [9.17, 15) is 23.2 Å². The second-order valence-electron chi connectivity index (χ2n) is 8.16. The quantitative estimate of drug-likeness (QED) is 0.212. The number of nitrogens with one attached hydrogen (secondary N) is 1. The van der Waals surface area contributed by atoms with Gasteiger partial charge in [0.1, 0.15) is 22.8 Å². The molecule has 0 unspecified atom stereocenters. The number of benzene rings is 2. The lowest BCUT2D eigenvalue weighted by Crippen LogP contribution is -2.39. The Hall–Kier alpha value is -2.86. The van der Waals surface area contributed by atoms with Crippen molar-refractivity contribution in [3.05, 3.63) is 59.2 Å². The molecule has 0 amide bonds. The van der Waals surface area contributed by atoms with Gasteiger partial charge in [-0.3, -0.25) is 0 Å². The fourth-order valence-electron chi connectivity index (χ4n) is 1.89. The lowest BCUT2D eigenvalue weighted by molar-refractivity contribution is -0.141. The number of anilines is 2. The first-order chi connectivity index (χ1) is 16.1. The normalized spacial score (nSPS) is 11.3. The number of aromatic carboxylic acids is 2. The molecule has 0 aromatic heterocycles. The number of carboxylic acids is 3. The number of alkyl halides is 3. The van der Waals surface area contributed by atoms with Crippen molar-refractivity contribution >= 4 is 64.1 Å². The molecule has 0 spiro atoms. The van der Waals surface area contributed by atoms with Gasteiger partial charge in [-0.05, 0) is 64.1 Å². The molecule has 0 atom stereocenters. The number of hydrogen-bond acceptors (Lipinski definition) is 6. The van der Waals surface area contributed by atoms with Crippen LogP contribution in [-0.2, 0) is 4.79 Å². The third-order valence-electron chi connectivity index (χ3n) is 4.11. The first-order valence-electron chi connectivity index (χ1n) is 9.72. The predicted octanol–water partition coefficient (Wildman–Crippen LogP) is 5.03. The van der Waals surface area contributed by atoms with Crippen LogP contribution in [0, 0.1) is 11.6 Å². The van der Waals surface area contributed by atoms with E-state index in [2.05, 4.69) is 5.32 Å². The molecule has 14 heteroatoms. The van der Waals surface area contributed by atoms with Crippen LogP contribution in [-0.4, -0.2) is 53.3 Å². The number of halogens is 5. The Labute approximate surface area is 220 Å². The van der Waals surface area contributed by atoms with Crippen molar-refractivity contribution in [3.8, 4) is 0 Å². The van der Waals surface area contributed by atoms with Crippen molar-refractivity contribution < 1.29 is 43.6 Å². The molecule has 0 aliphatic rings. The van der Waals surface area contributed by atoms with Gasteiger partial charge in [-0.2, -0.15) is 0 Å². The van der Waals surface area contributed by atoms with Crippen LogP contribution < -0.4 is 11.1 Å². The Morgan fingerprint density at radius 2 is 1.22 bits per heavy atom. The van der Waals surface area contributed by atoms with E-state index in [1.165, 1.54) is 39.8 Å². The molecule has 2 rings (SSSR count). The second kappa shape index (κ2) is 12.9. The largest absolute Gasteiger partial charge is 0.480 e. The Morgan fingerprint density at radius 1 is 0.833 bits per heavy atom. The zero-order chi connectivity index (χ0) is 28.6. The van der Waals surface area contributed by atoms with E-state index in [1.54, 1.807) is 0 Å². The second-order valence-corrected chi connectivity index (χ2v) is 10.4. The van der Waals surface area contributed by atoms with E-state index in [0.29, 0.717) is 0 Å². The van der Waals surface area contributed by atoms with Gasteiger partial charge in [-0.15, -0.1) is 0 Å². The Balaban J connectivity index is 0.000000555. The lowest BCUT2D eigenvalue weighted by Gasteiger charge is -2.25. The van der Waals surface area contributed by atoms with Crippen molar-refractivity contribution in [2.45, 2.75) is 42.6 Å². The van der Waals surface area contributed by atoms with Gasteiger partial charge in [0.15, 0.2) is 0 Å². The SMILES string of the molecule is CC(C)(Nc1ccc(C(=O)O)c(F)c1)C(=O)O.CC(C)(O)C(Cl)(Cl)Cl.Nc1ccc(C(=O)O)c(F)c1. The van der Waals surface area contributed by atoms with Crippen molar-refractivity contribution in [2.75, 3.05) is 11.1 Å². The van der Waals surface area contributed by atoms with E-state index < -0.39 is 50.0 Å². The summed E-state index contributed by atoms with van der Waals surface area (Å²) in [4.78, 5) is 31.7. The maximum absolute atomic E-state index is 13.3. The standard InChI is InChI=1S/C11H12FNO4.C7H6FNO2.C4H7Cl3O/c1-11(2,10(16)17)13-6-3-4-7(9(14)15)8(12)5-6;8-6-3-4(9)1-2-5(6)7(10)11;1-3(2,8)4(5,6)7/h3-5,13H,1-2H3,(H,14,15)(H,16,17);1-3H,9H2,(H,10,11);8H,1-2H3. The lowest BCUT2D eigenvalue weighted by atomic mass is 10.1. The Bertz CT molecular complexity index is 1090. The molecule has 0 aliphatic heterocycles. The number of carboxylic acid groups (broad SMARTS) is 3. The molecular weight excluding hydrogens is 549 g/mol. The van der Waals surface area contributed by atoms with Gasteiger partial charge < -0.3 is 31.5 Å². The van der Waals surface area contributed by atoms with Crippen LogP contribution in [0.25, 0.3) is 0 Å². The highest BCUT2D eigenvalue weighted by atomic mass is 35.6. The molecule has 2 aromatic carbocycles. The Morgan fingerprint density at radius 3 is 1.53 bits per heavy atom. The van der Waals surface area contributed by atoms with Gasteiger partial charge in [-0.25, -0.2) is 23.2 Å². The summed E-state index contributed by atoms with van der Waals surface area (Å²) in [7, 11) is 0. The molecule has 7 N–H and O–H groups in total. The third kappa shape index (κ3) is 10.8. The first-order valence-corrected chi connectivity index (χ1v) is 10.9. The number of aliphatic carboxylic acids is 1. The number of carbonyl (C=O) groups is 3. The van der Waals surface area contributed by atoms with Crippen molar-refractivity contribution in [1.29, 1.82) is 0 Å². The molecule has 0 heterocycles. The smallest absolute Gasteiger partial charge is 0.338 e. The molecule has 0 fully saturated rings. The zero-order valence-corrected chi connectivity index (χ0v) is 21.7. The number of hydrogen-bond donors (Lipinski definition) is 6. The molecule has 36 heavy (non-hydrogen) atoms. The molecule has 0 saturated carbocycles. The fourth-order valence-corrected chi connectivity index (χ4v) is 1.89. The predicted molar refractivity (Wildman–Crippen MR) is 133 cm³/mol. The third-order valence-corrected chi connectivity index (χ3v) is 5.50. The molecule has 9 nitrogen and oxygen atoms in total. The molecule has 0 bridgehead atoms. The molecule has 200 valence electrons. The summed E-state index contributed by atoms with van der Waals surface area (Å²) in [5.74, 6) is -5.48. The number of nitrogen functional groups attached to an aromatic ring is 1. The minimum absolute atomic E-state index is 0.208. The van der Waals surface area contributed by atoms with Crippen molar-refractivity contribution in [2.24, 2.45) is 0 Å². The average molecular weight is 574 g/mol. The number of nitrogens with two attached hydrogens (primary N) is 1. The van der Waals surface area contributed by atoms with Crippen LogP contribution in [0.1, 0.15) is 48.4 Å². The monoisotopic (exact) mass is 572 g/mol. The van der Waals surface area contributed by atoms with E-state index in [4.69, 9.17) is 61.0 Å². The van der Waals surface area contributed by atoms with E-state index >= 15 is 0 Å². The summed E-state index contributed by atoms with van der Waals surface area (Å²) in [6.45, 7) is 5.69. The van der Waals surface area contributed by atoms with E-state index in [-0.39, 0.29) is 16.9 Å². The summed E-state index contributed by atoms with van der Waals surface area (Å²) in [6, 6.07) is 6.80. The van der Waals surface area contributed by atoms with Crippen molar-refractivity contribution in [3.63, 3.8) is 0 Å². The number of aliphatic hydroxyl groups is 1. The fraction of sp³-hybridized carbons (Fsp3) is 0.318. The minimum Gasteiger partial charge on any atom is -0.480 e. The van der Waals surface area contributed by atoms with Gasteiger partial charge in [0, 0.05) is 11.4 Å². The van der Waals surface area contributed by atoms with E-state index in [0.717, 1.165) is 24.3 Å². The summed E-state index contributed by atoms with van der Waals surface area (Å²) < 4.78 is 24.4. The molecule has 2 aromatic rings. The molecule has 0 radical (unpaired) electrons. The maximum Gasteiger partial charge on any atom is 0.338 e. The van der Waals surface area contributed by atoms with Crippen LogP contribution in [0.3, 0.4) is 0 Å². The Kier molecular flexibility index (Phi) is 11.9. The van der Waals surface area contributed by atoms with Crippen LogP contribution in [0.15, 0.2) is 36.4 Å². The van der Waals surface area contributed by atoms with Gasteiger partial charge in [-0.1, -0.05) is 34.8 Å².